The molecule has 86 valence electrons. The Kier molecular flexibility index (Phi) is 5.06. The van der Waals surface area contributed by atoms with E-state index in [1.807, 2.05) is 6.92 Å². The van der Waals surface area contributed by atoms with Gasteiger partial charge in [-0.15, -0.1) is 6.58 Å². The van der Waals surface area contributed by atoms with E-state index in [2.05, 4.69) is 6.58 Å². The second-order valence-electron chi connectivity index (χ2n) is 3.74. The number of allylic oxidation sites excluding steroid dienone is 1. The number of rotatable bonds is 6. The first-order valence-electron chi connectivity index (χ1n) is 5.12. The average molecular weight is 239 g/mol. The molecule has 1 aromatic carbocycles. The van der Waals surface area contributed by atoms with Crippen LogP contribution in [0.25, 0.3) is 0 Å². The molecular weight excluding hydrogens is 224 g/mol. The molecule has 16 heavy (non-hydrogen) atoms. The Labute approximate surface area is 101 Å². The molecule has 0 aromatic heterocycles. The molecule has 0 spiro atoms. The predicted octanol–water partition coefficient (Wildman–Crippen LogP) is 3.64. The van der Waals surface area contributed by atoms with E-state index >= 15 is 0 Å². The summed E-state index contributed by atoms with van der Waals surface area (Å²) in [7, 11) is 0. The number of hydrogen-bond acceptors (Lipinski definition) is 2. The van der Waals surface area contributed by atoms with Gasteiger partial charge in [0.15, 0.2) is 5.78 Å². The predicted molar refractivity (Wildman–Crippen MR) is 66.0 cm³/mol. The van der Waals surface area contributed by atoms with E-state index in [4.69, 9.17) is 16.3 Å². The van der Waals surface area contributed by atoms with Crippen LogP contribution in [0, 0.1) is 0 Å². The molecule has 1 rings (SSSR count). The minimum absolute atomic E-state index is 0.0722. The van der Waals surface area contributed by atoms with Crippen LogP contribution in [0.1, 0.15) is 19.8 Å². The zero-order valence-corrected chi connectivity index (χ0v) is 10.1. The van der Waals surface area contributed by atoms with Crippen molar-refractivity contribution in [2.24, 2.45) is 0 Å². The molecule has 2 nitrogen and oxygen atoms in total. The van der Waals surface area contributed by atoms with E-state index in [9.17, 15) is 4.79 Å². The molecule has 0 unspecified atom stereocenters. The Morgan fingerprint density at radius 2 is 2.19 bits per heavy atom. The van der Waals surface area contributed by atoms with Gasteiger partial charge in [-0.1, -0.05) is 23.2 Å². The van der Waals surface area contributed by atoms with Crippen LogP contribution in [-0.4, -0.2) is 12.4 Å². The molecule has 0 aliphatic carbocycles. The lowest BCUT2D eigenvalue weighted by Crippen LogP contribution is -2.10. The molecule has 0 aliphatic rings. The van der Waals surface area contributed by atoms with Crippen molar-refractivity contribution in [3.8, 4) is 5.75 Å². The van der Waals surface area contributed by atoms with Crippen LogP contribution < -0.4 is 4.74 Å². The van der Waals surface area contributed by atoms with E-state index in [0.29, 0.717) is 17.2 Å². The van der Waals surface area contributed by atoms with Crippen molar-refractivity contribution in [1.29, 1.82) is 0 Å². The number of Topliss-reactive ketones (excluding diaryl/α,β-unsaturated/α-hetero) is 1. The average Bonchev–Trinajstić information content (AvgIpc) is 2.23. The Balaban J connectivity index is 2.34. The highest BCUT2D eigenvalue weighted by molar-refractivity contribution is 6.30. The number of halogens is 1. The highest BCUT2D eigenvalue weighted by atomic mass is 35.5. The zero-order valence-electron chi connectivity index (χ0n) is 9.33. The van der Waals surface area contributed by atoms with Crippen LogP contribution in [-0.2, 0) is 4.79 Å². The van der Waals surface area contributed by atoms with Crippen LogP contribution >= 0.6 is 11.6 Å². The maximum atomic E-state index is 11.4. The highest BCUT2D eigenvalue weighted by Crippen LogP contribution is 2.17. The van der Waals surface area contributed by atoms with Crippen molar-refractivity contribution < 1.29 is 9.53 Å². The first-order chi connectivity index (χ1) is 7.58. The number of hydrogen-bond donors (Lipinski definition) is 0. The highest BCUT2D eigenvalue weighted by Gasteiger charge is 2.03. The number of carbonyl (C=O) groups excluding carboxylic acids is 1. The summed E-state index contributed by atoms with van der Waals surface area (Å²) < 4.78 is 5.32. The Hall–Kier alpha value is -1.28. The molecule has 0 fully saturated rings. The van der Waals surface area contributed by atoms with Gasteiger partial charge in [0.2, 0.25) is 0 Å². The maximum absolute atomic E-state index is 11.4. The molecule has 0 heterocycles. The van der Waals surface area contributed by atoms with Gasteiger partial charge in [-0.25, -0.2) is 0 Å². The molecular formula is C13H15ClO2. The maximum Gasteiger partial charge on any atom is 0.170 e. The Bertz CT molecular complexity index is 385. The topological polar surface area (TPSA) is 26.3 Å². The van der Waals surface area contributed by atoms with Crippen LogP contribution in [0.5, 0.6) is 5.75 Å². The number of carbonyl (C=O) groups is 1. The molecule has 0 bridgehead atoms. The van der Waals surface area contributed by atoms with Crippen molar-refractivity contribution in [2.45, 2.75) is 19.8 Å². The largest absolute Gasteiger partial charge is 0.486 e. The molecule has 0 saturated carbocycles. The fourth-order valence-electron chi connectivity index (χ4n) is 1.15. The summed E-state index contributed by atoms with van der Waals surface area (Å²) >= 11 is 5.79. The van der Waals surface area contributed by atoms with Crippen LogP contribution in [0.3, 0.4) is 0 Å². The third kappa shape index (κ3) is 4.99. The van der Waals surface area contributed by atoms with Gasteiger partial charge in [0.1, 0.15) is 12.4 Å². The van der Waals surface area contributed by atoms with Crippen LogP contribution in [0.4, 0.5) is 0 Å². The van der Waals surface area contributed by atoms with E-state index in [-0.39, 0.29) is 12.4 Å². The van der Waals surface area contributed by atoms with Gasteiger partial charge in [-0.3, -0.25) is 4.79 Å². The lowest BCUT2D eigenvalue weighted by molar-refractivity contribution is -0.121. The Morgan fingerprint density at radius 3 is 2.81 bits per heavy atom. The fraction of sp³-hybridized carbons (Fsp3) is 0.308. The van der Waals surface area contributed by atoms with Crippen LogP contribution in [0.2, 0.25) is 5.02 Å². The molecule has 0 N–H and O–H groups in total. The molecule has 0 amide bonds. The minimum atomic E-state index is 0.0722. The van der Waals surface area contributed by atoms with Crippen molar-refractivity contribution in [3.63, 3.8) is 0 Å². The van der Waals surface area contributed by atoms with E-state index in [1.54, 1.807) is 24.3 Å². The van der Waals surface area contributed by atoms with Gasteiger partial charge in [-0.2, -0.15) is 0 Å². The second-order valence-corrected chi connectivity index (χ2v) is 4.18. The van der Waals surface area contributed by atoms with Crippen molar-refractivity contribution in [1.82, 2.24) is 0 Å². The summed E-state index contributed by atoms with van der Waals surface area (Å²) in [6, 6.07) is 7.01. The summed E-state index contributed by atoms with van der Waals surface area (Å²) in [5.41, 5.74) is 1.01. The van der Waals surface area contributed by atoms with E-state index in [0.717, 1.165) is 12.0 Å². The number of benzene rings is 1. The molecule has 1 aromatic rings. The Morgan fingerprint density at radius 1 is 1.44 bits per heavy atom. The lowest BCUT2D eigenvalue weighted by atomic mass is 10.1. The summed E-state index contributed by atoms with van der Waals surface area (Å²) in [4.78, 5) is 11.4. The molecule has 0 atom stereocenters. The summed E-state index contributed by atoms with van der Waals surface area (Å²) in [6.07, 6.45) is 1.20. The molecule has 3 heteroatoms. The van der Waals surface area contributed by atoms with Crippen molar-refractivity contribution in [3.05, 3.63) is 41.4 Å². The smallest absolute Gasteiger partial charge is 0.170 e. The van der Waals surface area contributed by atoms with Gasteiger partial charge in [0, 0.05) is 11.4 Å². The van der Waals surface area contributed by atoms with Crippen molar-refractivity contribution >= 4 is 17.4 Å². The van der Waals surface area contributed by atoms with Gasteiger partial charge < -0.3 is 4.74 Å². The third-order valence-electron chi connectivity index (χ3n) is 2.03. The quantitative estimate of drug-likeness (QED) is 0.708. The standard InChI is InChI=1S/C13H15ClO2/c1-10(2)6-7-12(15)9-16-13-5-3-4-11(14)8-13/h3-5,8H,1,6-7,9H2,2H3. The lowest BCUT2D eigenvalue weighted by Gasteiger charge is -2.05. The summed E-state index contributed by atoms with van der Waals surface area (Å²) in [5, 5.41) is 0.604. The first kappa shape index (κ1) is 12.8. The number of ether oxygens (including phenoxy) is 1. The summed E-state index contributed by atoms with van der Waals surface area (Å²) in [6.45, 7) is 5.75. The van der Waals surface area contributed by atoms with Gasteiger partial charge in [0.05, 0.1) is 0 Å². The second kappa shape index (κ2) is 6.33. The fourth-order valence-corrected chi connectivity index (χ4v) is 1.33. The van der Waals surface area contributed by atoms with E-state index in [1.165, 1.54) is 0 Å². The van der Waals surface area contributed by atoms with Crippen LogP contribution in [0.15, 0.2) is 36.4 Å². The first-order valence-corrected chi connectivity index (χ1v) is 5.50. The SMILES string of the molecule is C=C(C)CCC(=O)COc1cccc(Cl)c1. The molecule has 0 radical (unpaired) electrons. The third-order valence-corrected chi connectivity index (χ3v) is 2.26. The molecule has 0 saturated heterocycles. The zero-order chi connectivity index (χ0) is 12.0. The minimum Gasteiger partial charge on any atom is -0.486 e. The van der Waals surface area contributed by atoms with E-state index < -0.39 is 0 Å². The number of ketones is 1. The summed E-state index contributed by atoms with van der Waals surface area (Å²) in [5.74, 6) is 0.694. The van der Waals surface area contributed by atoms with Gasteiger partial charge >= 0.3 is 0 Å². The van der Waals surface area contributed by atoms with Gasteiger partial charge in [-0.05, 0) is 31.5 Å². The molecule has 0 aliphatic heterocycles. The van der Waals surface area contributed by atoms with Gasteiger partial charge in [0.25, 0.3) is 0 Å². The normalized spacial score (nSPS) is 9.88. The van der Waals surface area contributed by atoms with Crippen molar-refractivity contribution in [2.75, 3.05) is 6.61 Å². The monoisotopic (exact) mass is 238 g/mol.